The number of likely N-dealkylation sites (tertiary alicyclic amines) is 1. The average Bonchev–Trinajstić information content (AvgIpc) is 0.822. The van der Waals surface area contributed by atoms with Crippen LogP contribution in [0.4, 0.5) is 0 Å². The summed E-state index contributed by atoms with van der Waals surface area (Å²) in [5, 5.41) is 11.0. The van der Waals surface area contributed by atoms with Gasteiger partial charge in [-0.05, 0) is 88.8 Å². The fourth-order valence-corrected chi connectivity index (χ4v) is 12.1. The predicted molar refractivity (Wildman–Crippen MR) is 369 cm³/mol. The van der Waals surface area contributed by atoms with Crippen LogP contribution in [0.25, 0.3) is 0 Å². The van der Waals surface area contributed by atoms with Gasteiger partial charge in [0.15, 0.2) is 0 Å². The van der Waals surface area contributed by atoms with Gasteiger partial charge in [-0.25, -0.2) is 0 Å². The summed E-state index contributed by atoms with van der Waals surface area (Å²) >= 11 is 0. The molecule has 0 unspecified atom stereocenters. The van der Waals surface area contributed by atoms with E-state index in [1.54, 1.807) is 117 Å². The number of carbonyl (C=O) groups excluding carboxylic acids is 13. The van der Waals surface area contributed by atoms with Crippen molar-refractivity contribution >= 4 is 76.8 Å². The first-order valence-electron chi connectivity index (χ1n) is 33.8. The Labute approximate surface area is 577 Å². The van der Waals surface area contributed by atoms with E-state index in [1.807, 2.05) is 13.8 Å². The van der Waals surface area contributed by atoms with Crippen molar-refractivity contribution in [3.8, 4) is 0 Å². The van der Waals surface area contributed by atoms with Gasteiger partial charge in [0.25, 0.3) is 0 Å². The van der Waals surface area contributed by atoms with Crippen LogP contribution in [0.1, 0.15) is 111 Å². The van der Waals surface area contributed by atoms with Gasteiger partial charge in [-0.2, -0.15) is 0 Å². The number of carbonyl (C=O) groups is 13. The number of hydrogen-bond donors (Lipinski definition) is 4. The van der Waals surface area contributed by atoms with E-state index < -0.39 is 156 Å². The molecule has 0 radical (unpaired) electrons. The highest BCUT2D eigenvalue weighted by molar-refractivity contribution is 6.01. The molecule has 0 spiro atoms. The summed E-state index contributed by atoms with van der Waals surface area (Å²) in [4.78, 5) is 201. The van der Waals surface area contributed by atoms with Gasteiger partial charge in [0.05, 0.1) is 13.0 Å². The lowest BCUT2D eigenvalue weighted by Crippen LogP contribution is -2.62. The van der Waals surface area contributed by atoms with Crippen LogP contribution in [-0.2, 0) is 81.6 Å². The maximum Gasteiger partial charge on any atom is 0.246 e. The number of rotatable bonds is 16. The van der Waals surface area contributed by atoms with Gasteiger partial charge in [0, 0.05) is 88.7 Å². The summed E-state index contributed by atoms with van der Waals surface area (Å²) in [7, 11) is 10.9. The zero-order chi connectivity index (χ0) is 73.2. The van der Waals surface area contributed by atoms with Crippen molar-refractivity contribution < 1.29 is 62.3 Å². The van der Waals surface area contributed by atoms with Crippen LogP contribution >= 0.6 is 0 Å². The average molecular weight is 1360 g/mol. The van der Waals surface area contributed by atoms with Crippen molar-refractivity contribution in [1.29, 1.82) is 0 Å². The topological polar surface area (TPSA) is 299 Å². The fourth-order valence-electron chi connectivity index (χ4n) is 12.1. The molecule has 26 nitrogen and oxygen atoms in total. The Bertz CT molecular complexity index is 3300. The van der Waals surface area contributed by atoms with E-state index in [-0.39, 0.29) is 37.5 Å². The van der Waals surface area contributed by atoms with E-state index in [2.05, 4.69) is 21.3 Å². The molecule has 0 saturated carbocycles. The third-order valence-electron chi connectivity index (χ3n) is 19.0. The fraction of sp³-hybridized carbons (Fsp3) is 0.569. The molecule has 2 fully saturated rings. The maximum absolute atomic E-state index is 15.7. The van der Waals surface area contributed by atoms with E-state index in [4.69, 9.17) is 0 Å². The minimum Gasteiger partial charge on any atom is -0.343 e. The normalized spacial score (nSPS) is 23.3. The van der Waals surface area contributed by atoms with E-state index in [0.29, 0.717) is 29.8 Å². The standard InChI is InChI=1S/C72H105N13O13/c1-44(2)38-55-64(90)76-61(45(3)4)65(91)75-54(70(96)84(17)58(41-53-34-26-20-27-35-53)72(98)83(16)56(39-51-30-22-18-23-31-51)63(89)74-47(6)67(93)85-36-28-21-29-37-85)42-59(86)78(11)49(8)68(94)77(10)43-60(87)81(14)57(40-52-32-24-19-25-33-52)71(97)79(12)48(7)62(88)73-46(5)66(92)80(13)50(9)69(95)82(55)15/h18-20,22-27,30-35,44-50,54-58,61H,21,28-29,36-43H2,1-17H3,(H,73,88)(H,74,89)(H,75,91)(H,76,90)/t46-,47-,48-,49-,50-,54-,55-,56-,57-,58-,61-/m0/s1. The zero-order valence-electron chi connectivity index (χ0n) is 60.3. The lowest BCUT2D eigenvalue weighted by Gasteiger charge is -2.37. The van der Waals surface area contributed by atoms with Crippen molar-refractivity contribution in [3.63, 3.8) is 0 Å². The molecule has 4 N–H and O–H groups in total. The number of nitrogens with zero attached hydrogens (tertiary/aromatic N) is 9. The van der Waals surface area contributed by atoms with Gasteiger partial charge in [-0.1, -0.05) is 119 Å². The summed E-state index contributed by atoms with van der Waals surface area (Å²) in [5.41, 5.74) is 1.94. The van der Waals surface area contributed by atoms with Crippen LogP contribution in [0.15, 0.2) is 91.0 Å². The van der Waals surface area contributed by atoms with Crippen LogP contribution in [0.2, 0.25) is 0 Å². The number of piperidine rings is 1. The smallest absolute Gasteiger partial charge is 0.246 e. The van der Waals surface area contributed by atoms with E-state index in [0.717, 1.165) is 43.8 Å². The molecule has 0 aliphatic carbocycles. The molecule has 2 aliphatic rings. The van der Waals surface area contributed by atoms with Crippen molar-refractivity contribution in [2.45, 2.75) is 180 Å². The number of hydrogen-bond acceptors (Lipinski definition) is 13. The molecule has 2 saturated heterocycles. The highest BCUT2D eigenvalue weighted by Crippen LogP contribution is 2.22. The van der Waals surface area contributed by atoms with E-state index in [9.17, 15) is 47.9 Å². The molecule has 2 heterocycles. The Hall–Kier alpha value is -9.23. The molecule has 2 aliphatic heterocycles. The van der Waals surface area contributed by atoms with Crippen molar-refractivity contribution in [1.82, 2.24) is 65.4 Å². The molecule has 11 atom stereocenters. The summed E-state index contributed by atoms with van der Waals surface area (Å²) in [5.74, 6) is -10.3. The number of nitrogens with one attached hydrogen (secondary N) is 4. The lowest BCUT2D eigenvalue weighted by atomic mass is 9.97. The number of benzene rings is 3. The van der Waals surface area contributed by atoms with Crippen LogP contribution in [0.5, 0.6) is 0 Å². The lowest BCUT2D eigenvalue weighted by molar-refractivity contribution is -0.151. The highest BCUT2D eigenvalue weighted by Gasteiger charge is 2.43. The molecule has 26 heteroatoms. The first kappa shape index (κ1) is 79.5. The maximum atomic E-state index is 15.7. The molecule has 0 bridgehead atoms. The second-order valence-corrected chi connectivity index (χ2v) is 27.1. The van der Waals surface area contributed by atoms with Gasteiger partial charge in [-0.15, -0.1) is 0 Å². The van der Waals surface area contributed by atoms with Crippen LogP contribution in [-0.4, -0.2) is 263 Å². The van der Waals surface area contributed by atoms with Crippen LogP contribution in [0.3, 0.4) is 0 Å². The van der Waals surface area contributed by atoms with Gasteiger partial charge < -0.3 is 65.4 Å². The summed E-state index contributed by atoms with van der Waals surface area (Å²) in [6, 6.07) is 12.1. The molecule has 3 aromatic rings. The number of likely N-dealkylation sites (N-methyl/N-ethyl adjacent to an activating group) is 8. The predicted octanol–water partition coefficient (Wildman–Crippen LogP) is 2.12. The first-order chi connectivity index (χ1) is 46.1. The van der Waals surface area contributed by atoms with E-state index in [1.165, 1.54) is 98.8 Å². The minimum atomic E-state index is -1.83. The molecule has 13 amide bonds. The third kappa shape index (κ3) is 20.9. The van der Waals surface area contributed by atoms with Crippen molar-refractivity contribution in [2.24, 2.45) is 11.8 Å². The highest BCUT2D eigenvalue weighted by atomic mass is 16.2. The number of amides is 13. The van der Waals surface area contributed by atoms with Crippen molar-refractivity contribution in [2.75, 3.05) is 76.0 Å². The monoisotopic (exact) mass is 1360 g/mol. The molecule has 3 aromatic carbocycles. The Kier molecular flexibility index (Phi) is 29.5. The second kappa shape index (κ2) is 36.4. The SMILES string of the molecule is CC(C)C[C@H]1C(=O)N[C@@H](C(C)C)C(=O)N[C@H](C(=O)N(C)[C@@H](Cc2ccccc2)C(=O)N(C)[C@@H](Cc2ccccc2)C(=O)N[C@@H](C)C(=O)N2CCCCC2)CC(=O)N(C)[C@@H](C)C(=O)N(C)CC(=O)N(C)[C@@H](Cc2ccccc2)C(=O)N(C)[C@@H](C)C(=O)N[C@@H](C)C(=O)N(C)[C@@H](C)C(=O)N1C. The Morgan fingerprint density at radius 1 is 0.520 bits per heavy atom. The molecule has 5 rings (SSSR count). The second-order valence-electron chi connectivity index (χ2n) is 27.1. The molecular formula is C72H105N13O13. The third-order valence-corrected chi connectivity index (χ3v) is 19.0. The summed E-state index contributed by atoms with van der Waals surface area (Å²) in [6.07, 6.45) is 1.72. The van der Waals surface area contributed by atoms with Gasteiger partial charge >= 0.3 is 0 Å². The van der Waals surface area contributed by atoms with Crippen LogP contribution in [0, 0.1) is 11.8 Å². The molecule has 0 aromatic heterocycles. The van der Waals surface area contributed by atoms with Crippen LogP contribution < -0.4 is 21.3 Å². The quantitative estimate of drug-likeness (QED) is 0.160. The van der Waals surface area contributed by atoms with Gasteiger partial charge in [0.1, 0.15) is 66.5 Å². The summed E-state index contributed by atoms with van der Waals surface area (Å²) in [6.45, 7) is 14.7. The minimum absolute atomic E-state index is 0.00266. The van der Waals surface area contributed by atoms with E-state index >= 15 is 14.4 Å². The van der Waals surface area contributed by atoms with Gasteiger partial charge in [0.2, 0.25) is 76.8 Å². The molecule has 98 heavy (non-hydrogen) atoms. The molecule has 536 valence electrons. The van der Waals surface area contributed by atoms with Gasteiger partial charge in [-0.3, -0.25) is 62.3 Å². The first-order valence-corrected chi connectivity index (χ1v) is 33.8. The summed E-state index contributed by atoms with van der Waals surface area (Å²) < 4.78 is 0. The Morgan fingerprint density at radius 3 is 1.56 bits per heavy atom. The Balaban J connectivity index is 1.61. The Morgan fingerprint density at radius 2 is 1.03 bits per heavy atom. The molecular weight excluding hydrogens is 1250 g/mol. The van der Waals surface area contributed by atoms with Crippen molar-refractivity contribution in [3.05, 3.63) is 108 Å². The largest absolute Gasteiger partial charge is 0.343 e. The zero-order valence-corrected chi connectivity index (χ0v) is 60.3.